The van der Waals surface area contributed by atoms with Crippen molar-refractivity contribution in [3.05, 3.63) is 47.8 Å². The first-order valence-electron chi connectivity index (χ1n) is 6.87. The summed E-state index contributed by atoms with van der Waals surface area (Å²) >= 11 is 0. The van der Waals surface area contributed by atoms with Crippen LogP contribution in [0.2, 0.25) is 0 Å². The van der Waals surface area contributed by atoms with E-state index in [1.165, 1.54) is 42.5 Å². The zero-order chi connectivity index (χ0) is 13.1. The normalized spacial score (nSPS) is 13.7. The molecule has 0 atom stereocenters. The van der Waals surface area contributed by atoms with Crippen molar-refractivity contribution < 1.29 is 0 Å². The van der Waals surface area contributed by atoms with Crippen molar-refractivity contribution in [2.45, 2.75) is 25.7 Å². The van der Waals surface area contributed by atoms with Gasteiger partial charge >= 0.3 is 0 Å². The summed E-state index contributed by atoms with van der Waals surface area (Å²) < 4.78 is 0. The number of pyridine rings is 1. The van der Waals surface area contributed by atoms with Crippen LogP contribution in [0.1, 0.15) is 24.0 Å². The second-order valence-corrected chi connectivity index (χ2v) is 4.99. The zero-order valence-corrected chi connectivity index (χ0v) is 11.2. The van der Waals surface area contributed by atoms with Gasteiger partial charge in [-0.1, -0.05) is 12.1 Å². The molecule has 1 aromatic carbocycles. The number of hydrogen-bond acceptors (Lipinski definition) is 3. The van der Waals surface area contributed by atoms with E-state index in [-0.39, 0.29) is 0 Å². The Morgan fingerprint density at radius 2 is 1.89 bits per heavy atom. The highest BCUT2D eigenvalue weighted by atomic mass is 14.9. The monoisotopic (exact) mass is 253 g/mol. The maximum atomic E-state index is 4.24. The van der Waals surface area contributed by atoms with E-state index in [0.717, 1.165) is 11.4 Å². The van der Waals surface area contributed by atoms with Crippen molar-refractivity contribution in [2.75, 3.05) is 17.7 Å². The van der Waals surface area contributed by atoms with E-state index >= 15 is 0 Å². The molecular formula is C16H19N3. The average molecular weight is 253 g/mol. The standard InChI is InChI=1S/C16H19N3/c1-17-13-9-14(11-18-10-13)19-16-8-4-6-12-5-2-3-7-15(12)16/h4,6,8-11,17,19H,2-3,5,7H2,1H3. The summed E-state index contributed by atoms with van der Waals surface area (Å²) in [4.78, 5) is 4.24. The molecule has 1 aliphatic carbocycles. The molecule has 2 N–H and O–H groups in total. The Morgan fingerprint density at radius 1 is 1.05 bits per heavy atom. The fourth-order valence-corrected chi connectivity index (χ4v) is 2.70. The number of anilines is 3. The van der Waals surface area contributed by atoms with Crippen LogP contribution in [0, 0.1) is 0 Å². The third-order valence-corrected chi connectivity index (χ3v) is 3.70. The van der Waals surface area contributed by atoms with Gasteiger partial charge in [0.25, 0.3) is 0 Å². The van der Waals surface area contributed by atoms with E-state index in [1.807, 2.05) is 19.4 Å². The van der Waals surface area contributed by atoms with Crippen LogP contribution in [0.15, 0.2) is 36.7 Å². The van der Waals surface area contributed by atoms with E-state index in [0.29, 0.717) is 0 Å². The lowest BCUT2D eigenvalue weighted by Crippen LogP contribution is -2.06. The Kier molecular flexibility index (Phi) is 3.36. The first-order chi connectivity index (χ1) is 9.36. The van der Waals surface area contributed by atoms with E-state index in [1.54, 1.807) is 0 Å². The molecule has 3 nitrogen and oxygen atoms in total. The van der Waals surface area contributed by atoms with Crippen LogP contribution in [0.5, 0.6) is 0 Å². The number of rotatable bonds is 3. The molecular weight excluding hydrogens is 234 g/mol. The molecule has 0 amide bonds. The van der Waals surface area contributed by atoms with E-state index in [9.17, 15) is 0 Å². The SMILES string of the molecule is CNc1cncc(Nc2cccc3c2CCCC3)c1. The maximum Gasteiger partial charge on any atom is 0.0591 e. The highest BCUT2D eigenvalue weighted by Gasteiger charge is 2.12. The molecule has 0 spiro atoms. The number of fused-ring (bicyclic) bond motifs is 1. The van der Waals surface area contributed by atoms with Crippen LogP contribution in [-0.4, -0.2) is 12.0 Å². The van der Waals surface area contributed by atoms with Crippen molar-refractivity contribution in [1.29, 1.82) is 0 Å². The van der Waals surface area contributed by atoms with Crippen molar-refractivity contribution >= 4 is 17.1 Å². The minimum atomic E-state index is 1.02. The van der Waals surface area contributed by atoms with Gasteiger partial charge in [0.1, 0.15) is 0 Å². The Morgan fingerprint density at radius 3 is 2.79 bits per heavy atom. The average Bonchev–Trinajstić information content (AvgIpc) is 2.48. The summed E-state index contributed by atoms with van der Waals surface area (Å²) in [5, 5.41) is 6.62. The molecule has 3 rings (SSSR count). The first kappa shape index (κ1) is 12.0. The summed E-state index contributed by atoms with van der Waals surface area (Å²) in [5.74, 6) is 0. The van der Waals surface area contributed by atoms with Gasteiger partial charge in [0.2, 0.25) is 0 Å². The van der Waals surface area contributed by atoms with Gasteiger partial charge in [-0.3, -0.25) is 4.98 Å². The number of hydrogen-bond donors (Lipinski definition) is 2. The maximum absolute atomic E-state index is 4.24. The minimum absolute atomic E-state index is 1.02. The minimum Gasteiger partial charge on any atom is -0.387 e. The Hall–Kier alpha value is -2.03. The summed E-state index contributed by atoms with van der Waals surface area (Å²) in [6, 6.07) is 8.63. The fraction of sp³-hybridized carbons (Fsp3) is 0.312. The fourth-order valence-electron chi connectivity index (χ4n) is 2.70. The van der Waals surface area contributed by atoms with Gasteiger partial charge in [-0.05, 0) is 48.9 Å². The van der Waals surface area contributed by atoms with Gasteiger partial charge in [-0.2, -0.15) is 0 Å². The molecule has 1 aliphatic rings. The smallest absolute Gasteiger partial charge is 0.0591 e. The van der Waals surface area contributed by atoms with E-state index < -0.39 is 0 Å². The van der Waals surface area contributed by atoms with Crippen molar-refractivity contribution in [1.82, 2.24) is 4.98 Å². The van der Waals surface area contributed by atoms with Gasteiger partial charge in [-0.15, -0.1) is 0 Å². The third-order valence-electron chi connectivity index (χ3n) is 3.70. The molecule has 0 aliphatic heterocycles. The van der Waals surface area contributed by atoms with Crippen molar-refractivity contribution in [2.24, 2.45) is 0 Å². The second kappa shape index (κ2) is 5.31. The lowest BCUT2D eigenvalue weighted by molar-refractivity contribution is 0.687. The summed E-state index contributed by atoms with van der Waals surface area (Å²) in [6.45, 7) is 0. The highest BCUT2D eigenvalue weighted by molar-refractivity contribution is 5.67. The predicted octanol–water partition coefficient (Wildman–Crippen LogP) is 3.75. The lowest BCUT2D eigenvalue weighted by atomic mass is 9.90. The van der Waals surface area contributed by atoms with Gasteiger partial charge in [-0.25, -0.2) is 0 Å². The quantitative estimate of drug-likeness (QED) is 0.874. The first-order valence-corrected chi connectivity index (χ1v) is 6.87. The number of aryl methyl sites for hydroxylation is 1. The van der Waals surface area contributed by atoms with Crippen LogP contribution in [0.25, 0.3) is 0 Å². The number of nitrogens with zero attached hydrogens (tertiary/aromatic N) is 1. The topological polar surface area (TPSA) is 37.0 Å². The van der Waals surface area contributed by atoms with Gasteiger partial charge in [0.05, 0.1) is 23.8 Å². The summed E-state index contributed by atoms with van der Waals surface area (Å²) in [5.41, 5.74) is 6.26. The van der Waals surface area contributed by atoms with Crippen molar-refractivity contribution in [3.8, 4) is 0 Å². The van der Waals surface area contributed by atoms with E-state index in [4.69, 9.17) is 0 Å². The molecule has 1 heterocycles. The second-order valence-electron chi connectivity index (χ2n) is 4.99. The van der Waals surface area contributed by atoms with Gasteiger partial charge in [0.15, 0.2) is 0 Å². The predicted molar refractivity (Wildman–Crippen MR) is 80.2 cm³/mol. The van der Waals surface area contributed by atoms with Gasteiger partial charge < -0.3 is 10.6 Å². The molecule has 3 heteroatoms. The molecule has 19 heavy (non-hydrogen) atoms. The van der Waals surface area contributed by atoms with E-state index in [2.05, 4.69) is 39.9 Å². The molecule has 0 bridgehead atoms. The zero-order valence-electron chi connectivity index (χ0n) is 11.2. The third kappa shape index (κ3) is 2.55. The molecule has 98 valence electrons. The van der Waals surface area contributed by atoms with Crippen LogP contribution in [0.3, 0.4) is 0 Å². The Balaban J connectivity index is 1.90. The molecule has 0 radical (unpaired) electrons. The van der Waals surface area contributed by atoms with Crippen LogP contribution < -0.4 is 10.6 Å². The molecule has 1 aromatic heterocycles. The number of aromatic nitrogens is 1. The molecule has 0 saturated carbocycles. The number of nitrogens with one attached hydrogen (secondary N) is 2. The molecule has 0 fully saturated rings. The highest BCUT2D eigenvalue weighted by Crippen LogP contribution is 2.30. The lowest BCUT2D eigenvalue weighted by Gasteiger charge is -2.20. The Labute approximate surface area is 114 Å². The summed E-state index contributed by atoms with van der Waals surface area (Å²) in [7, 11) is 1.91. The molecule has 0 unspecified atom stereocenters. The van der Waals surface area contributed by atoms with Crippen LogP contribution in [0.4, 0.5) is 17.1 Å². The van der Waals surface area contributed by atoms with Gasteiger partial charge in [0, 0.05) is 12.7 Å². The number of benzene rings is 1. The van der Waals surface area contributed by atoms with Crippen LogP contribution >= 0.6 is 0 Å². The molecule has 0 saturated heterocycles. The Bertz CT molecular complexity index is 578. The van der Waals surface area contributed by atoms with Crippen LogP contribution in [-0.2, 0) is 12.8 Å². The largest absolute Gasteiger partial charge is 0.387 e. The molecule has 2 aromatic rings. The summed E-state index contributed by atoms with van der Waals surface area (Å²) in [6.07, 6.45) is 8.68. The van der Waals surface area contributed by atoms with Crippen molar-refractivity contribution in [3.63, 3.8) is 0 Å².